The molecule has 0 aromatic rings. The lowest BCUT2D eigenvalue weighted by molar-refractivity contribution is -0.154. The largest absolute Gasteiger partial charge is 0.383 e. The van der Waals surface area contributed by atoms with E-state index in [0.29, 0.717) is 19.3 Å². The summed E-state index contributed by atoms with van der Waals surface area (Å²) in [7, 11) is 1.52. The van der Waals surface area contributed by atoms with Gasteiger partial charge in [0.25, 0.3) is 0 Å². The van der Waals surface area contributed by atoms with Crippen molar-refractivity contribution in [3.63, 3.8) is 0 Å². The predicted octanol–water partition coefficient (Wildman–Crippen LogP) is 1.30. The summed E-state index contributed by atoms with van der Waals surface area (Å²) in [6.07, 6.45) is 1.34. The van der Waals surface area contributed by atoms with Crippen LogP contribution in [0, 0.1) is 5.41 Å². The smallest absolute Gasteiger partial charge is 0.331 e. The monoisotopic (exact) mass is 270 g/mol. The molecule has 0 radical (unpaired) electrons. The van der Waals surface area contributed by atoms with Gasteiger partial charge in [-0.3, -0.25) is 19.8 Å². The molecule has 1 heterocycles. The van der Waals surface area contributed by atoms with Crippen molar-refractivity contribution in [1.29, 1.82) is 0 Å². The van der Waals surface area contributed by atoms with E-state index in [2.05, 4.69) is 5.32 Å². The summed E-state index contributed by atoms with van der Waals surface area (Å²) in [5, 5.41) is 2.30. The van der Waals surface area contributed by atoms with Gasteiger partial charge >= 0.3 is 6.03 Å². The van der Waals surface area contributed by atoms with Crippen molar-refractivity contribution in [1.82, 2.24) is 10.2 Å². The number of imide groups is 2. The van der Waals surface area contributed by atoms with Gasteiger partial charge in [0, 0.05) is 7.11 Å². The second-order valence-electron chi connectivity index (χ2n) is 4.74. The van der Waals surface area contributed by atoms with E-state index >= 15 is 0 Å². The maximum atomic E-state index is 12.6. The second kappa shape index (κ2) is 6.14. The summed E-state index contributed by atoms with van der Waals surface area (Å²) in [6.45, 7) is 5.71. The number of urea groups is 1. The third-order valence-corrected chi connectivity index (χ3v) is 3.90. The molecule has 19 heavy (non-hydrogen) atoms. The van der Waals surface area contributed by atoms with E-state index in [9.17, 15) is 14.4 Å². The van der Waals surface area contributed by atoms with E-state index in [1.807, 2.05) is 6.92 Å². The molecule has 1 aliphatic rings. The highest BCUT2D eigenvalue weighted by Gasteiger charge is 2.52. The molecule has 6 heteroatoms. The Bertz CT molecular complexity index is 377. The molecule has 1 rings (SSSR count). The van der Waals surface area contributed by atoms with Crippen molar-refractivity contribution in [3.05, 3.63) is 0 Å². The highest BCUT2D eigenvalue weighted by atomic mass is 16.5. The third-order valence-electron chi connectivity index (χ3n) is 3.90. The summed E-state index contributed by atoms with van der Waals surface area (Å²) < 4.78 is 5.05. The van der Waals surface area contributed by atoms with Gasteiger partial charge in [0.05, 0.1) is 12.6 Å². The molecule has 1 unspecified atom stereocenters. The van der Waals surface area contributed by atoms with E-state index in [0.717, 1.165) is 4.90 Å². The molecule has 4 amide bonds. The fraction of sp³-hybridized carbons (Fsp3) is 0.769. The average molecular weight is 270 g/mol. The average Bonchev–Trinajstić information content (AvgIpc) is 2.39. The van der Waals surface area contributed by atoms with Crippen LogP contribution in [0.1, 0.15) is 40.0 Å². The van der Waals surface area contributed by atoms with Gasteiger partial charge in [0.2, 0.25) is 11.8 Å². The molecule has 0 bridgehead atoms. The zero-order chi connectivity index (χ0) is 14.6. The molecule has 108 valence electrons. The molecule has 6 nitrogen and oxygen atoms in total. The van der Waals surface area contributed by atoms with Gasteiger partial charge in [0.1, 0.15) is 5.41 Å². The maximum absolute atomic E-state index is 12.6. The number of methoxy groups -OCH3 is 1. The Morgan fingerprint density at radius 1 is 1.21 bits per heavy atom. The molecule has 0 aromatic heterocycles. The van der Waals surface area contributed by atoms with Crippen molar-refractivity contribution >= 4 is 17.8 Å². The van der Waals surface area contributed by atoms with E-state index in [1.165, 1.54) is 7.11 Å². The number of nitrogens with one attached hydrogen (secondary N) is 1. The standard InChI is InChI=1S/C13H22N2O4/c1-5-9(8-19-4)15-11(17)13(6-2,7-3)10(16)14-12(15)18/h9H,5-8H2,1-4H3,(H,14,16,18). The van der Waals surface area contributed by atoms with E-state index in [1.54, 1.807) is 13.8 Å². The van der Waals surface area contributed by atoms with Gasteiger partial charge in [-0.1, -0.05) is 20.8 Å². The topological polar surface area (TPSA) is 75.7 Å². The lowest BCUT2D eigenvalue weighted by Gasteiger charge is -2.41. The lowest BCUT2D eigenvalue weighted by Crippen LogP contribution is -2.66. The molecule has 1 fully saturated rings. The number of hydrogen-bond acceptors (Lipinski definition) is 4. The third kappa shape index (κ3) is 2.49. The molecular weight excluding hydrogens is 248 g/mol. The lowest BCUT2D eigenvalue weighted by atomic mass is 9.78. The molecule has 0 saturated carbocycles. The minimum Gasteiger partial charge on any atom is -0.383 e. The Kier molecular flexibility index (Phi) is 5.05. The van der Waals surface area contributed by atoms with Crippen molar-refractivity contribution in [2.24, 2.45) is 5.41 Å². The summed E-state index contributed by atoms with van der Waals surface area (Å²) in [5.74, 6) is -0.897. The molecule has 1 saturated heterocycles. The molecule has 1 N–H and O–H groups in total. The summed E-state index contributed by atoms with van der Waals surface area (Å²) in [4.78, 5) is 37.7. The Morgan fingerprint density at radius 2 is 1.79 bits per heavy atom. The van der Waals surface area contributed by atoms with Crippen LogP contribution in [0.5, 0.6) is 0 Å². The number of carbonyl (C=O) groups is 3. The first kappa shape index (κ1) is 15.6. The molecular formula is C13H22N2O4. The van der Waals surface area contributed by atoms with Crippen LogP contribution in [0.25, 0.3) is 0 Å². The van der Waals surface area contributed by atoms with Crippen molar-refractivity contribution in [2.45, 2.75) is 46.1 Å². The van der Waals surface area contributed by atoms with E-state index in [4.69, 9.17) is 4.74 Å². The summed E-state index contributed by atoms with van der Waals surface area (Å²) in [6, 6.07) is -0.987. The predicted molar refractivity (Wildman–Crippen MR) is 69.4 cm³/mol. The van der Waals surface area contributed by atoms with Gasteiger partial charge in [-0.05, 0) is 19.3 Å². The van der Waals surface area contributed by atoms with Crippen LogP contribution in [0.15, 0.2) is 0 Å². The number of carbonyl (C=O) groups excluding carboxylic acids is 3. The van der Waals surface area contributed by atoms with Crippen LogP contribution in [0.3, 0.4) is 0 Å². The number of amides is 4. The van der Waals surface area contributed by atoms with Gasteiger partial charge in [0.15, 0.2) is 0 Å². The van der Waals surface area contributed by atoms with E-state index < -0.39 is 23.3 Å². The minimum absolute atomic E-state index is 0.271. The Morgan fingerprint density at radius 3 is 2.21 bits per heavy atom. The van der Waals surface area contributed by atoms with Crippen LogP contribution in [0.2, 0.25) is 0 Å². The first-order valence-electron chi connectivity index (χ1n) is 6.66. The number of rotatable bonds is 6. The Labute approximate surface area is 113 Å². The van der Waals surface area contributed by atoms with Gasteiger partial charge in [-0.25, -0.2) is 4.79 Å². The first-order chi connectivity index (χ1) is 8.98. The number of hydrogen-bond donors (Lipinski definition) is 1. The van der Waals surface area contributed by atoms with Gasteiger partial charge in [-0.2, -0.15) is 0 Å². The maximum Gasteiger partial charge on any atom is 0.331 e. The number of barbiturate groups is 1. The summed E-state index contributed by atoms with van der Waals surface area (Å²) in [5.41, 5.74) is -1.13. The molecule has 0 aromatic carbocycles. The van der Waals surface area contributed by atoms with Crippen molar-refractivity contribution < 1.29 is 19.1 Å². The fourth-order valence-electron chi connectivity index (χ4n) is 2.47. The van der Waals surface area contributed by atoms with Gasteiger partial charge in [-0.15, -0.1) is 0 Å². The molecule has 1 aliphatic heterocycles. The second-order valence-corrected chi connectivity index (χ2v) is 4.74. The molecule has 0 spiro atoms. The van der Waals surface area contributed by atoms with Crippen LogP contribution in [0.4, 0.5) is 4.79 Å². The highest BCUT2D eigenvalue weighted by molar-refractivity contribution is 6.19. The number of nitrogens with zero attached hydrogens (tertiary/aromatic N) is 1. The van der Waals surface area contributed by atoms with Crippen LogP contribution >= 0.6 is 0 Å². The van der Waals surface area contributed by atoms with Crippen LogP contribution in [-0.2, 0) is 14.3 Å². The molecule has 0 aliphatic carbocycles. The van der Waals surface area contributed by atoms with Crippen molar-refractivity contribution in [2.75, 3.05) is 13.7 Å². The Hall–Kier alpha value is -1.43. The Balaban J connectivity index is 3.14. The van der Waals surface area contributed by atoms with Gasteiger partial charge < -0.3 is 4.74 Å². The fourth-order valence-corrected chi connectivity index (χ4v) is 2.47. The number of ether oxygens (including phenoxy) is 1. The summed E-state index contributed by atoms with van der Waals surface area (Å²) >= 11 is 0. The first-order valence-corrected chi connectivity index (χ1v) is 6.66. The SMILES string of the molecule is CCC(COC)N1C(=O)NC(=O)C(CC)(CC)C1=O. The highest BCUT2D eigenvalue weighted by Crippen LogP contribution is 2.33. The minimum atomic E-state index is -1.13. The van der Waals surface area contributed by atoms with E-state index in [-0.39, 0.29) is 12.6 Å². The van der Waals surface area contributed by atoms with Crippen LogP contribution < -0.4 is 5.32 Å². The zero-order valence-corrected chi connectivity index (χ0v) is 12.0. The quantitative estimate of drug-likeness (QED) is 0.738. The van der Waals surface area contributed by atoms with Crippen LogP contribution in [-0.4, -0.2) is 42.5 Å². The molecule has 1 atom stereocenters. The zero-order valence-electron chi connectivity index (χ0n) is 12.0. The normalized spacial score (nSPS) is 20.4. The van der Waals surface area contributed by atoms with Crippen molar-refractivity contribution in [3.8, 4) is 0 Å².